The molecule has 0 spiro atoms. The zero-order valence-corrected chi connectivity index (χ0v) is 12.1. The van der Waals surface area contributed by atoms with Crippen LogP contribution in [0.3, 0.4) is 0 Å². The summed E-state index contributed by atoms with van der Waals surface area (Å²) in [6, 6.07) is 0. The SMILES string of the molecule is [CH-]=C(N)/N=C1/CN(C(=O)OC(C)(C)C)CCC1=[CH-].[Li+]. The van der Waals surface area contributed by atoms with Crippen molar-refractivity contribution in [3.63, 3.8) is 0 Å². The third kappa shape index (κ3) is 6.00. The molecule has 0 atom stereocenters. The first-order valence-electron chi connectivity index (χ1n) is 5.74. The standard InChI is InChI=1S/C13H19N3O2.Li/c1-9-6-7-16(8-11(9)15-10(2)14)12(17)18-13(3,4)5;/h1-2H,6-8,14H2,3-5H3;/q-2;+1/b15-11-;. The molecule has 0 aliphatic carbocycles. The van der Waals surface area contributed by atoms with Crippen LogP contribution in [0.1, 0.15) is 27.2 Å². The van der Waals surface area contributed by atoms with Crippen molar-refractivity contribution in [1.29, 1.82) is 0 Å². The van der Waals surface area contributed by atoms with Gasteiger partial charge in [0.15, 0.2) is 0 Å². The Kier molecular flexibility index (Phi) is 6.41. The first-order valence-corrected chi connectivity index (χ1v) is 5.74. The Morgan fingerprint density at radius 3 is 2.53 bits per heavy atom. The van der Waals surface area contributed by atoms with E-state index >= 15 is 0 Å². The Labute approximate surface area is 126 Å². The van der Waals surface area contributed by atoms with Crippen LogP contribution in [0.2, 0.25) is 0 Å². The van der Waals surface area contributed by atoms with Crippen molar-refractivity contribution in [2.45, 2.75) is 32.8 Å². The molecule has 1 amide bonds. The average molecular weight is 256 g/mol. The third-order valence-corrected chi connectivity index (χ3v) is 2.28. The fourth-order valence-electron chi connectivity index (χ4n) is 1.51. The van der Waals surface area contributed by atoms with E-state index in [1.807, 2.05) is 20.8 Å². The fraction of sp³-hybridized carbons (Fsp3) is 0.538. The largest absolute Gasteiger partial charge is 1.00 e. The number of carbonyl (C=O) groups is 1. The van der Waals surface area contributed by atoms with E-state index in [9.17, 15) is 4.79 Å². The van der Waals surface area contributed by atoms with Crippen molar-refractivity contribution in [2.24, 2.45) is 10.7 Å². The Morgan fingerprint density at radius 1 is 1.47 bits per heavy atom. The summed E-state index contributed by atoms with van der Waals surface area (Å²) in [5, 5.41) is 0. The molecule has 1 aliphatic rings. The van der Waals surface area contributed by atoms with Gasteiger partial charge in [-0.25, -0.2) is 10.4 Å². The van der Waals surface area contributed by atoms with Gasteiger partial charge < -0.3 is 26.9 Å². The molecule has 1 rings (SSSR count). The van der Waals surface area contributed by atoms with Crippen LogP contribution in [0.5, 0.6) is 0 Å². The monoisotopic (exact) mass is 256 g/mol. The number of piperidine rings is 1. The molecule has 0 saturated carbocycles. The molecule has 1 saturated heterocycles. The van der Waals surface area contributed by atoms with Crippen molar-refractivity contribution in [1.82, 2.24) is 4.90 Å². The molecule has 0 aromatic carbocycles. The van der Waals surface area contributed by atoms with Crippen LogP contribution in [-0.2, 0) is 4.74 Å². The number of nitrogens with zero attached hydrogens (tertiary/aromatic N) is 2. The summed E-state index contributed by atoms with van der Waals surface area (Å²) in [5.74, 6) is -0.0704. The quantitative estimate of drug-likeness (QED) is 0.466. The summed E-state index contributed by atoms with van der Waals surface area (Å²) >= 11 is 0. The number of rotatable bonds is 1. The normalized spacial score (nSPS) is 17.9. The van der Waals surface area contributed by atoms with Gasteiger partial charge in [0.25, 0.3) is 0 Å². The van der Waals surface area contributed by atoms with E-state index in [0.29, 0.717) is 24.3 Å². The van der Waals surface area contributed by atoms with Gasteiger partial charge in [0.2, 0.25) is 0 Å². The minimum Gasteiger partial charge on any atom is -0.471 e. The Bertz CT molecular complexity index is 411. The van der Waals surface area contributed by atoms with Gasteiger partial charge in [-0.05, 0) is 33.7 Å². The number of amides is 1. The van der Waals surface area contributed by atoms with Crippen molar-refractivity contribution in [3.8, 4) is 0 Å². The second-order valence-corrected chi connectivity index (χ2v) is 5.16. The zero-order valence-electron chi connectivity index (χ0n) is 12.1. The summed E-state index contributed by atoms with van der Waals surface area (Å²) in [7, 11) is 0. The van der Waals surface area contributed by atoms with Crippen molar-refractivity contribution in [3.05, 3.63) is 24.6 Å². The molecule has 1 heterocycles. The summed E-state index contributed by atoms with van der Waals surface area (Å²) in [5.41, 5.74) is 5.91. The topological polar surface area (TPSA) is 67.9 Å². The fourth-order valence-corrected chi connectivity index (χ4v) is 1.51. The van der Waals surface area contributed by atoms with E-state index in [-0.39, 0.29) is 31.2 Å². The predicted molar refractivity (Wildman–Crippen MR) is 69.7 cm³/mol. The number of ether oxygens (including phenoxy) is 1. The van der Waals surface area contributed by atoms with Gasteiger partial charge in [0.05, 0.1) is 0 Å². The summed E-state index contributed by atoms with van der Waals surface area (Å²) < 4.78 is 5.28. The van der Waals surface area contributed by atoms with E-state index in [2.05, 4.69) is 4.99 Å². The van der Waals surface area contributed by atoms with Gasteiger partial charge in [-0.15, -0.1) is 0 Å². The maximum absolute atomic E-state index is 11.9. The van der Waals surface area contributed by atoms with Crippen LogP contribution in [0, 0.1) is 13.2 Å². The van der Waals surface area contributed by atoms with Gasteiger partial charge in [0.1, 0.15) is 5.60 Å². The first-order chi connectivity index (χ1) is 8.19. The maximum atomic E-state index is 11.9. The second-order valence-electron chi connectivity index (χ2n) is 5.16. The molecule has 1 aliphatic heterocycles. The van der Waals surface area contributed by atoms with E-state index < -0.39 is 11.7 Å². The Balaban J connectivity index is 0.00000324. The van der Waals surface area contributed by atoms with Crippen molar-refractivity contribution >= 4 is 11.8 Å². The van der Waals surface area contributed by atoms with Crippen LogP contribution in [0.25, 0.3) is 0 Å². The molecule has 100 valence electrons. The van der Waals surface area contributed by atoms with Crippen molar-refractivity contribution in [2.75, 3.05) is 13.1 Å². The predicted octanol–water partition coefficient (Wildman–Crippen LogP) is -1.34. The van der Waals surface area contributed by atoms with Gasteiger partial charge >= 0.3 is 25.0 Å². The van der Waals surface area contributed by atoms with Gasteiger partial charge in [-0.2, -0.15) is 0 Å². The van der Waals surface area contributed by atoms with Crippen molar-refractivity contribution < 1.29 is 28.4 Å². The summed E-state index contributed by atoms with van der Waals surface area (Å²) in [6.45, 7) is 17.3. The molecule has 6 heteroatoms. The van der Waals surface area contributed by atoms with Crippen LogP contribution in [0.15, 0.2) is 16.4 Å². The molecule has 0 bridgehead atoms. The van der Waals surface area contributed by atoms with E-state index in [4.69, 9.17) is 23.6 Å². The number of likely N-dealkylation sites (tertiary alicyclic amines) is 1. The minimum atomic E-state index is -0.528. The summed E-state index contributed by atoms with van der Waals surface area (Å²) in [4.78, 5) is 17.3. The average Bonchev–Trinajstić information content (AvgIpc) is 2.17. The summed E-state index contributed by atoms with van der Waals surface area (Å²) in [6.07, 6.45) is 0.143. The zero-order chi connectivity index (χ0) is 13.9. The second kappa shape index (κ2) is 6.83. The number of hydrogen-bond donors (Lipinski definition) is 1. The van der Waals surface area contributed by atoms with Gasteiger partial charge in [-0.3, -0.25) is 6.58 Å². The number of nitrogens with two attached hydrogens (primary N) is 1. The number of carbonyl (C=O) groups excluding carboxylic acids is 1. The Hall–Kier alpha value is -1.18. The van der Waals surface area contributed by atoms with Gasteiger partial charge in [-0.1, -0.05) is 11.5 Å². The first kappa shape index (κ1) is 17.8. The molecular weight excluding hydrogens is 237 g/mol. The van der Waals surface area contributed by atoms with Crippen LogP contribution >= 0.6 is 0 Å². The van der Waals surface area contributed by atoms with Crippen LogP contribution in [0.4, 0.5) is 4.79 Å². The van der Waals surface area contributed by atoms with Crippen LogP contribution in [-0.4, -0.2) is 35.4 Å². The molecule has 0 unspecified atom stereocenters. The minimum absolute atomic E-state index is 0. The molecule has 1 fully saturated rings. The third-order valence-electron chi connectivity index (χ3n) is 2.28. The Morgan fingerprint density at radius 2 is 2.05 bits per heavy atom. The van der Waals surface area contributed by atoms with Crippen LogP contribution < -0.4 is 24.6 Å². The smallest absolute Gasteiger partial charge is 0.471 e. The molecule has 19 heavy (non-hydrogen) atoms. The molecule has 0 aromatic rings. The number of hydrogen-bond acceptors (Lipinski definition) is 4. The van der Waals surface area contributed by atoms with E-state index in [1.165, 1.54) is 4.90 Å². The molecule has 0 radical (unpaired) electrons. The molecular formula is C13H19LiN3O2-. The maximum Gasteiger partial charge on any atom is 1.00 e. The molecule has 2 N–H and O–H groups in total. The molecule has 0 aromatic heterocycles. The van der Waals surface area contributed by atoms with Gasteiger partial charge in [0, 0.05) is 6.54 Å². The van der Waals surface area contributed by atoms with E-state index in [0.717, 1.165) is 0 Å². The van der Waals surface area contributed by atoms with E-state index in [1.54, 1.807) is 0 Å². The molecule has 5 nitrogen and oxygen atoms in total. The number of aliphatic imine (C=N–C) groups is 1.